The maximum atomic E-state index is 11.7. The van der Waals surface area contributed by atoms with Gasteiger partial charge in [-0.3, -0.25) is 0 Å². The summed E-state index contributed by atoms with van der Waals surface area (Å²) in [5.74, 6) is 1.08. The van der Waals surface area contributed by atoms with Crippen molar-refractivity contribution < 1.29 is 13.2 Å². The number of rotatable bonds is 4. The van der Waals surface area contributed by atoms with Gasteiger partial charge in [0, 0.05) is 43.8 Å². The number of fused-ring (bicyclic) bond motifs is 1. The molecule has 0 amide bonds. The highest BCUT2D eigenvalue weighted by Gasteiger charge is 2.47. The van der Waals surface area contributed by atoms with Gasteiger partial charge < -0.3 is 15.4 Å². The van der Waals surface area contributed by atoms with E-state index < -0.39 is 10.0 Å². The molecular weight excluding hydrogens is 402 g/mol. The third-order valence-corrected chi connectivity index (χ3v) is 8.01. The molecule has 5 rings (SSSR count). The lowest BCUT2D eigenvalue weighted by molar-refractivity contribution is -0.125. The van der Waals surface area contributed by atoms with Crippen molar-refractivity contribution in [3.8, 4) is 0 Å². The summed E-state index contributed by atoms with van der Waals surface area (Å²) in [6.07, 6.45) is 6.71. The van der Waals surface area contributed by atoms with Crippen LogP contribution < -0.4 is 10.6 Å². The normalized spacial score (nSPS) is 28.5. The Bertz CT molecular complexity index is 1020. The Morgan fingerprint density at radius 1 is 1.27 bits per heavy atom. The molecule has 1 saturated carbocycles. The van der Waals surface area contributed by atoms with Gasteiger partial charge in [-0.15, -0.1) is 0 Å². The molecule has 8 nitrogen and oxygen atoms in total. The van der Waals surface area contributed by atoms with Crippen LogP contribution in [0.2, 0.25) is 0 Å². The molecule has 1 spiro atoms. The molecule has 1 aromatic carbocycles. The predicted octanol–water partition coefficient (Wildman–Crippen LogP) is 1.70. The van der Waals surface area contributed by atoms with Crippen LogP contribution in [-0.2, 0) is 14.8 Å². The average molecular weight is 432 g/mol. The molecule has 3 heterocycles. The van der Waals surface area contributed by atoms with E-state index in [0.29, 0.717) is 25.0 Å². The van der Waals surface area contributed by atoms with Gasteiger partial charge in [0.2, 0.25) is 16.0 Å². The minimum Gasteiger partial charge on any atom is -0.372 e. The number of anilines is 1. The first-order valence-electron chi connectivity index (χ1n) is 10.7. The molecule has 0 radical (unpaired) electrons. The van der Waals surface area contributed by atoms with Gasteiger partial charge in [-0.05, 0) is 37.2 Å². The number of hydrogen-bond acceptors (Lipinski definition) is 7. The Kier molecular flexibility index (Phi) is 5.17. The molecule has 2 aliphatic heterocycles. The molecule has 2 saturated heterocycles. The minimum absolute atomic E-state index is 0.00717. The van der Waals surface area contributed by atoms with E-state index in [1.807, 2.05) is 6.20 Å². The van der Waals surface area contributed by atoms with Crippen LogP contribution in [0.4, 0.5) is 5.95 Å². The minimum atomic E-state index is -3.11. The molecule has 0 atom stereocenters. The predicted molar refractivity (Wildman–Crippen MR) is 116 cm³/mol. The zero-order valence-electron chi connectivity index (χ0n) is 17.3. The SMILES string of the molecule is CS(=O)(=O)N1CCC(Nc2ncc3cccc(C4CC5(CNCCO5)C4)c3n2)CC1. The molecule has 2 aromatic rings. The van der Waals surface area contributed by atoms with Crippen LogP contribution >= 0.6 is 0 Å². The molecule has 1 aromatic heterocycles. The average Bonchev–Trinajstić information content (AvgIpc) is 2.72. The van der Waals surface area contributed by atoms with Gasteiger partial charge in [0.1, 0.15) is 0 Å². The summed E-state index contributed by atoms with van der Waals surface area (Å²) in [4.78, 5) is 9.37. The van der Waals surface area contributed by atoms with E-state index in [2.05, 4.69) is 33.8 Å². The van der Waals surface area contributed by atoms with Crippen molar-refractivity contribution in [3.63, 3.8) is 0 Å². The van der Waals surface area contributed by atoms with Crippen molar-refractivity contribution in [2.75, 3.05) is 44.4 Å². The first kappa shape index (κ1) is 20.1. The third-order valence-electron chi connectivity index (χ3n) is 6.71. The van der Waals surface area contributed by atoms with Crippen molar-refractivity contribution in [2.45, 2.75) is 43.2 Å². The van der Waals surface area contributed by atoms with Gasteiger partial charge in [0.25, 0.3) is 0 Å². The molecule has 162 valence electrons. The first-order valence-corrected chi connectivity index (χ1v) is 12.6. The molecule has 0 bridgehead atoms. The lowest BCUT2D eigenvalue weighted by Crippen LogP contribution is -2.56. The standard InChI is InChI=1S/C21H29N5O3S/c1-30(27,28)26-8-5-17(6-9-26)24-20-23-13-15-3-2-4-18(19(15)25-20)16-11-21(12-16)14-22-7-10-29-21/h2-4,13,16-17,22H,5-12,14H2,1H3,(H,23,24,25). The number of piperidine rings is 1. The molecule has 3 fully saturated rings. The van der Waals surface area contributed by atoms with Crippen LogP contribution in [0.5, 0.6) is 0 Å². The van der Waals surface area contributed by atoms with E-state index in [9.17, 15) is 8.42 Å². The second kappa shape index (κ2) is 7.71. The number of para-hydroxylation sites is 1. The van der Waals surface area contributed by atoms with Crippen molar-refractivity contribution in [1.82, 2.24) is 19.6 Å². The number of nitrogens with zero attached hydrogens (tertiary/aromatic N) is 3. The van der Waals surface area contributed by atoms with E-state index in [-0.39, 0.29) is 11.6 Å². The van der Waals surface area contributed by atoms with Gasteiger partial charge in [-0.25, -0.2) is 22.7 Å². The highest BCUT2D eigenvalue weighted by atomic mass is 32.2. The van der Waals surface area contributed by atoms with Crippen LogP contribution in [0.3, 0.4) is 0 Å². The van der Waals surface area contributed by atoms with Crippen molar-refractivity contribution >= 4 is 26.9 Å². The number of sulfonamides is 1. The summed E-state index contributed by atoms with van der Waals surface area (Å²) in [6, 6.07) is 6.50. The number of ether oxygens (including phenoxy) is 1. The Hall–Kier alpha value is -1.81. The number of hydrogen-bond donors (Lipinski definition) is 2. The van der Waals surface area contributed by atoms with E-state index in [4.69, 9.17) is 9.72 Å². The summed E-state index contributed by atoms with van der Waals surface area (Å²) in [5.41, 5.74) is 2.27. The molecule has 30 heavy (non-hydrogen) atoms. The summed E-state index contributed by atoms with van der Waals surface area (Å²) >= 11 is 0. The number of nitrogens with one attached hydrogen (secondary N) is 2. The second-order valence-electron chi connectivity index (χ2n) is 8.87. The smallest absolute Gasteiger partial charge is 0.223 e. The number of benzene rings is 1. The van der Waals surface area contributed by atoms with E-state index in [0.717, 1.165) is 56.3 Å². The van der Waals surface area contributed by atoms with Crippen molar-refractivity contribution in [2.24, 2.45) is 0 Å². The van der Waals surface area contributed by atoms with Crippen LogP contribution in [0, 0.1) is 0 Å². The van der Waals surface area contributed by atoms with Crippen LogP contribution in [0.15, 0.2) is 24.4 Å². The summed E-state index contributed by atoms with van der Waals surface area (Å²) in [6.45, 7) is 3.73. The van der Waals surface area contributed by atoms with Crippen LogP contribution in [0.25, 0.3) is 10.9 Å². The largest absolute Gasteiger partial charge is 0.372 e. The highest BCUT2D eigenvalue weighted by molar-refractivity contribution is 7.88. The first-order chi connectivity index (χ1) is 14.4. The zero-order valence-corrected chi connectivity index (χ0v) is 18.1. The topological polar surface area (TPSA) is 96.5 Å². The monoisotopic (exact) mass is 431 g/mol. The molecule has 0 unspecified atom stereocenters. The van der Waals surface area contributed by atoms with Crippen molar-refractivity contribution in [1.29, 1.82) is 0 Å². The van der Waals surface area contributed by atoms with Gasteiger partial charge in [0.05, 0.1) is 24.0 Å². The number of aromatic nitrogens is 2. The maximum absolute atomic E-state index is 11.7. The van der Waals surface area contributed by atoms with Crippen molar-refractivity contribution in [3.05, 3.63) is 30.0 Å². The fraction of sp³-hybridized carbons (Fsp3) is 0.619. The lowest BCUT2D eigenvalue weighted by Gasteiger charge is -2.50. The zero-order chi connectivity index (χ0) is 20.8. The molecule has 3 aliphatic rings. The highest BCUT2D eigenvalue weighted by Crippen LogP contribution is 2.48. The van der Waals surface area contributed by atoms with Gasteiger partial charge >= 0.3 is 0 Å². The molecule has 9 heteroatoms. The Morgan fingerprint density at radius 2 is 2.07 bits per heavy atom. The molecule has 1 aliphatic carbocycles. The summed E-state index contributed by atoms with van der Waals surface area (Å²) in [5, 5.41) is 7.93. The fourth-order valence-corrected chi connectivity index (χ4v) is 5.89. The fourth-order valence-electron chi connectivity index (χ4n) is 5.02. The second-order valence-corrected chi connectivity index (χ2v) is 10.9. The summed E-state index contributed by atoms with van der Waals surface area (Å²) in [7, 11) is -3.11. The third kappa shape index (κ3) is 3.91. The Labute approximate surface area is 177 Å². The van der Waals surface area contributed by atoms with Crippen LogP contribution in [0.1, 0.15) is 37.2 Å². The van der Waals surface area contributed by atoms with E-state index in [1.54, 1.807) is 4.31 Å². The van der Waals surface area contributed by atoms with E-state index >= 15 is 0 Å². The quantitative estimate of drug-likeness (QED) is 0.761. The van der Waals surface area contributed by atoms with Gasteiger partial charge in [-0.1, -0.05) is 18.2 Å². The molecule has 2 N–H and O–H groups in total. The number of morpholine rings is 1. The molecular formula is C21H29N5O3S. The van der Waals surface area contributed by atoms with Gasteiger partial charge in [-0.2, -0.15) is 0 Å². The Morgan fingerprint density at radius 3 is 2.77 bits per heavy atom. The maximum Gasteiger partial charge on any atom is 0.223 e. The summed E-state index contributed by atoms with van der Waals surface area (Å²) < 4.78 is 31.0. The van der Waals surface area contributed by atoms with Gasteiger partial charge in [0.15, 0.2) is 0 Å². The van der Waals surface area contributed by atoms with Crippen LogP contribution in [-0.4, -0.2) is 73.4 Å². The lowest BCUT2D eigenvalue weighted by atomic mass is 9.67. The Balaban J connectivity index is 1.30. The van der Waals surface area contributed by atoms with E-state index in [1.165, 1.54) is 11.8 Å².